The van der Waals surface area contributed by atoms with Gasteiger partial charge in [-0.25, -0.2) is 17.8 Å². The lowest BCUT2D eigenvalue weighted by atomic mass is 9.93. The molecule has 37 heavy (non-hydrogen) atoms. The molecule has 0 spiro atoms. The van der Waals surface area contributed by atoms with Gasteiger partial charge in [0.05, 0.1) is 10.6 Å². The van der Waals surface area contributed by atoms with Gasteiger partial charge in [-0.05, 0) is 53.6 Å². The van der Waals surface area contributed by atoms with E-state index in [2.05, 4.69) is 4.98 Å². The van der Waals surface area contributed by atoms with E-state index in [0.29, 0.717) is 11.3 Å². The molecule has 6 rings (SSSR count). The van der Waals surface area contributed by atoms with Crippen LogP contribution in [0.5, 0.6) is 0 Å². The molecular weight excluding hydrogens is 485 g/mol. The number of pyridine rings is 1. The number of aromatic amines is 1. The zero-order chi connectivity index (χ0) is 25.6. The summed E-state index contributed by atoms with van der Waals surface area (Å²) < 4.78 is 41.6. The maximum absolute atomic E-state index is 13.7. The van der Waals surface area contributed by atoms with E-state index in [1.807, 2.05) is 42.5 Å². The minimum Gasteiger partial charge on any atom is -0.339 e. The monoisotopic (exact) mass is 507 g/mol. The van der Waals surface area contributed by atoms with Crippen molar-refractivity contribution < 1.29 is 12.8 Å². The molecule has 0 radical (unpaired) electrons. The molecule has 0 aliphatic heterocycles. The topological polar surface area (TPSA) is 66.1 Å². The average Bonchev–Trinajstić information content (AvgIpc) is 3.31. The normalized spacial score (nSPS) is 11.7. The molecule has 182 valence electrons. The van der Waals surface area contributed by atoms with Crippen molar-refractivity contribution in [2.45, 2.75) is 4.90 Å². The van der Waals surface area contributed by atoms with Gasteiger partial charge in [-0.15, -0.1) is 0 Å². The first kappa shape index (κ1) is 22.9. The number of nitrogens with one attached hydrogen (secondary N) is 1. The summed E-state index contributed by atoms with van der Waals surface area (Å²) in [5, 5.41) is 1.72. The molecule has 1 N–H and O–H groups in total. The molecule has 0 bridgehead atoms. The van der Waals surface area contributed by atoms with Crippen LogP contribution < -0.4 is 4.31 Å². The number of halogens is 1. The number of fused-ring (bicyclic) bond motifs is 3. The summed E-state index contributed by atoms with van der Waals surface area (Å²) in [7, 11) is -2.19. The fraction of sp³-hybridized carbons (Fsp3) is 0.0333. The average molecular weight is 508 g/mol. The molecule has 2 heterocycles. The summed E-state index contributed by atoms with van der Waals surface area (Å²) in [4.78, 5) is 8.29. The maximum Gasteiger partial charge on any atom is 0.264 e. The molecule has 0 aliphatic carbocycles. The molecule has 6 aromatic rings. The quantitative estimate of drug-likeness (QED) is 0.273. The van der Waals surface area contributed by atoms with Gasteiger partial charge >= 0.3 is 0 Å². The Kier molecular flexibility index (Phi) is 5.50. The highest BCUT2D eigenvalue weighted by atomic mass is 32.2. The van der Waals surface area contributed by atoms with Gasteiger partial charge in [0.15, 0.2) is 0 Å². The van der Waals surface area contributed by atoms with Crippen molar-refractivity contribution in [2.75, 3.05) is 11.4 Å². The maximum atomic E-state index is 13.7. The van der Waals surface area contributed by atoms with E-state index < -0.39 is 10.0 Å². The summed E-state index contributed by atoms with van der Waals surface area (Å²) in [6, 6.07) is 30.2. The van der Waals surface area contributed by atoms with Crippen LogP contribution in [0.4, 0.5) is 10.1 Å². The molecule has 5 nitrogen and oxygen atoms in total. The van der Waals surface area contributed by atoms with Crippen LogP contribution in [-0.2, 0) is 10.0 Å². The molecule has 0 fully saturated rings. The van der Waals surface area contributed by atoms with E-state index in [1.165, 1.54) is 16.4 Å². The molecule has 7 heteroatoms. The Labute approximate surface area is 213 Å². The van der Waals surface area contributed by atoms with Gasteiger partial charge < -0.3 is 4.98 Å². The van der Waals surface area contributed by atoms with Gasteiger partial charge in [0.25, 0.3) is 10.0 Å². The molecule has 4 aromatic carbocycles. The van der Waals surface area contributed by atoms with Crippen LogP contribution in [0.3, 0.4) is 0 Å². The lowest BCUT2D eigenvalue weighted by molar-refractivity contribution is 0.594. The zero-order valence-corrected chi connectivity index (χ0v) is 20.7. The number of hydrogen-bond donors (Lipinski definition) is 1. The van der Waals surface area contributed by atoms with Crippen LogP contribution in [0.25, 0.3) is 44.2 Å². The lowest BCUT2D eigenvalue weighted by Gasteiger charge is -2.20. The van der Waals surface area contributed by atoms with Crippen molar-refractivity contribution in [3.8, 4) is 22.3 Å². The highest BCUT2D eigenvalue weighted by Crippen LogP contribution is 2.41. The first-order valence-corrected chi connectivity index (χ1v) is 13.2. The van der Waals surface area contributed by atoms with Crippen LogP contribution in [0.2, 0.25) is 0 Å². The Morgan fingerprint density at radius 2 is 1.49 bits per heavy atom. The number of hydrogen-bond acceptors (Lipinski definition) is 3. The third-order valence-electron chi connectivity index (χ3n) is 6.59. The first-order chi connectivity index (χ1) is 17.9. The van der Waals surface area contributed by atoms with Crippen molar-refractivity contribution in [3.05, 3.63) is 115 Å². The van der Waals surface area contributed by atoms with Gasteiger partial charge in [0.1, 0.15) is 11.5 Å². The molecular formula is C30H22FN3O2S. The Morgan fingerprint density at radius 3 is 2.19 bits per heavy atom. The first-order valence-electron chi connectivity index (χ1n) is 11.7. The van der Waals surface area contributed by atoms with E-state index >= 15 is 0 Å². The largest absolute Gasteiger partial charge is 0.339 e. The number of aromatic nitrogens is 2. The highest BCUT2D eigenvalue weighted by molar-refractivity contribution is 7.92. The van der Waals surface area contributed by atoms with Crippen LogP contribution in [0.1, 0.15) is 0 Å². The second kappa shape index (κ2) is 8.87. The van der Waals surface area contributed by atoms with E-state index in [-0.39, 0.29) is 10.7 Å². The number of nitrogens with zero attached hydrogens (tertiary/aromatic N) is 2. The van der Waals surface area contributed by atoms with Crippen molar-refractivity contribution in [3.63, 3.8) is 0 Å². The van der Waals surface area contributed by atoms with Gasteiger partial charge in [-0.1, -0.05) is 60.7 Å². The predicted molar refractivity (Wildman–Crippen MR) is 146 cm³/mol. The van der Waals surface area contributed by atoms with E-state index in [9.17, 15) is 12.8 Å². The summed E-state index contributed by atoms with van der Waals surface area (Å²) in [6.45, 7) is 0. The van der Waals surface area contributed by atoms with Crippen LogP contribution in [-0.4, -0.2) is 25.4 Å². The smallest absolute Gasteiger partial charge is 0.264 e. The third kappa shape index (κ3) is 3.93. The Hall–Kier alpha value is -4.49. The van der Waals surface area contributed by atoms with Crippen molar-refractivity contribution >= 4 is 37.6 Å². The molecule has 0 aliphatic rings. The Balaban J connectivity index is 1.61. The van der Waals surface area contributed by atoms with Crippen LogP contribution in [0, 0.1) is 5.82 Å². The molecule has 0 atom stereocenters. The Bertz CT molecular complexity index is 1850. The van der Waals surface area contributed by atoms with E-state index in [4.69, 9.17) is 4.98 Å². The minimum atomic E-state index is -3.74. The summed E-state index contributed by atoms with van der Waals surface area (Å²) in [5.74, 6) is -0.307. The number of sulfonamides is 1. The van der Waals surface area contributed by atoms with Crippen LogP contribution >= 0.6 is 0 Å². The molecule has 0 saturated heterocycles. The summed E-state index contributed by atoms with van der Waals surface area (Å²) >= 11 is 0. The van der Waals surface area contributed by atoms with Gasteiger partial charge in [-0.3, -0.25) is 4.31 Å². The van der Waals surface area contributed by atoms with Gasteiger partial charge in [-0.2, -0.15) is 0 Å². The van der Waals surface area contributed by atoms with Crippen molar-refractivity contribution in [2.24, 2.45) is 0 Å². The van der Waals surface area contributed by atoms with E-state index in [1.54, 1.807) is 61.8 Å². The minimum absolute atomic E-state index is 0.224. The lowest BCUT2D eigenvalue weighted by Crippen LogP contribution is -2.26. The zero-order valence-electron chi connectivity index (χ0n) is 19.9. The highest BCUT2D eigenvalue weighted by Gasteiger charge is 2.23. The number of anilines is 1. The fourth-order valence-electron chi connectivity index (χ4n) is 4.68. The van der Waals surface area contributed by atoms with Gasteiger partial charge in [0.2, 0.25) is 0 Å². The summed E-state index contributed by atoms with van der Waals surface area (Å²) in [6.07, 6.45) is 1.79. The summed E-state index contributed by atoms with van der Waals surface area (Å²) in [5.41, 5.74) is 5.67. The van der Waals surface area contributed by atoms with E-state index in [0.717, 1.165) is 38.5 Å². The standard InChI is InChI=1S/C30H22FN3O2S/c1-34(37(35,36)24-10-6-3-7-11-24)23-16-17-27-25(18-23)29-28(21-8-4-2-5-9-21)26(19-32-30(29)33-27)20-12-14-22(31)15-13-20/h2-19H,1H3,(H,32,33). The predicted octanol–water partition coefficient (Wildman–Crippen LogP) is 7.01. The molecule has 0 unspecified atom stereocenters. The fourth-order valence-corrected chi connectivity index (χ4v) is 5.89. The van der Waals surface area contributed by atoms with Crippen molar-refractivity contribution in [1.82, 2.24) is 9.97 Å². The number of H-pyrrole nitrogens is 1. The number of rotatable bonds is 5. The third-order valence-corrected chi connectivity index (χ3v) is 8.39. The second-order valence-electron chi connectivity index (χ2n) is 8.78. The molecule has 0 amide bonds. The SMILES string of the molecule is CN(c1ccc2[nH]c3ncc(-c4ccc(F)cc4)c(-c4ccccc4)c3c2c1)S(=O)(=O)c1ccccc1. The molecule has 0 saturated carbocycles. The Morgan fingerprint density at radius 1 is 0.811 bits per heavy atom. The van der Waals surface area contributed by atoms with Crippen LogP contribution in [0.15, 0.2) is 114 Å². The molecule has 2 aromatic heterocycles. The number of benzene rings is 4. The van der Waals surface area contributed by atoms with Crippen molar-refractivity contribution in [1.29, 1.82) is 0 Å². The second-order valence-corrected chi connectivity index (χ2v) is 10.8. The van der Waals surface area contributed by atoms with Gasteiger partial charge in [0, 0.05) is 40.7 Å².